The van der Waals surface area contributed by atoms with E-state index < -0.39 is 0 Å². The summed E-state index contributed by atoms with van der Waals surface area (Å²) in [5.74, 6) is 6.37. The van der Waals surface area contributed by atoms with Crippen LogP contribution in [-0.4, -0.2) is 53.4 Å². The van der Waals surface area contributed by atoms with Crippen LogP contribution in [0.5, 0.6) is 0 Å². The molecule has 4 heteroatoms. The van der Waals surface area contributed by atoms with E-state index in [0.717, 1.165) is 51.1 Å². The van der Waals surface area contributed by atoms with Gasteiger partial charge in [0, 0.05) is 50.6 Å². The molecular formula is C16H21N3O. The van der Waals surface area contributed by atoms with E-state index in [4.69, 9.17) is 0 Å². The number of pyridine rings is 1. The Morgan fingerprint density at radius 3 is 2.75 bits per heavy atom. The fourth-order valence-electron chi connectivity index (χ4n) is 2.30. The highest BCUT2D eigenvalue weighted by Gasteiger charge is 2.19. The molecule has 0 unspecified atom stereocenters. The van der Waals surface area contributed by atoms with Crippen molar-refractivity contribution in [3.05, 3.63) is 30.1 Å². The highest BCUT2D eigenvalue weighted by atomic mass is 16.2. The molecular weight excluding hydrogens is 250 g/mol. The van der Waals surface area contributed by atoms with Gasteiger partial charge in [0.2, 0.25) is 0 Å². The predicted octanol–water partition coefficient (Wildman–Crippen LogP) is 1.64. The Labute approximate surface area is 120 Å². The number of carbonyl (C=O) groups excluding carboxylic acids is 1. The smallest absolute Gasteiger partial charge is 0.254 e. The fraction of sp³-hybridized carbons (Fsp3) is 0.500. The molecule has 0 saturated carbocycles. The van der Waals surface area contributed by atoms with E-state index in [0.29, 0.717) is 0 Å². The van der Waals surface area contributed by atoms with Gasteiger partial charge < -0.3 is 4.90 Å². The van der Waals surface area contributed by atoms with Crippen molar-refractivity contribution in [1.29, 1.82) is 0 Å². The van der Waals surface area contributed by atoms with Crippen molar-refractivity contribution in [3.63, 3.8) is 0 Å². The summed E-state index contributed by atoms with van der Waals surface area (Å²) < 4.78 is 0. The van der Waals surface area contributed by atoms with Crippen LogP contribution in [-0.2, 0) is 0 Å². The van der Waals surface area contributed by atoms with Gasteiger partial charge in [0.1, 0.15) is 0 Å². The fourth-order valence-corrected chi connectivity index (χ4v) is 2.30. The normalized spacial score (nSPS) is 16.1. The highest BCUT2D eigenvalue weighted by molar-refractivity contribution is 5.94. The van der Waals surface area contributed by atoms with Gasteiger partial charge >= 0.3 is 0 Å². The molecule has 1 fully saturated rings. The maximum absolute atomic E-state index is 12.4. The minimum absolute atomic E-state index is 0.105. The highest BCUT2D eigenvalue weighted by Crippen LogP contribution is 2.08. The lowest BCUT2D eigenvalue weighted by Crippen LogP contribution is -2.35. The summed E-state index contributed by atoms with van der Waals surface area (Å²) in [4.78, 5) is 20.6. The second kappa shape index (κ2) is 7.66. The van der Waals surface area contributed by atoms with E-state index in [-0.39, 0.29) is 5.91 Å². The van der Waals surface area contributed by atoms with Crippen LogP contribution in [0.15, 0.2) is 24.5 Å². The Hall–Kier alpha value is -1.86. The quantitative estimate of drug-likeness (QED) is 0.767. The van der Waals surface area contributed by atoms with Crippen LogP contribution in [0.2, 0.25) is 0 Å². The summed E-state index contributed by atoms with van der Waals surface area (Å²) in [7, 11) is 0. The molecule has 0 spiro atoms. The second-order valence-electron chi connectivity index (χ2n) is 4.86. The van der Waals surface area contributed by atoms with Crippen molar-refractivity contribution in [2.24, 2.45) is 0 Å². The summed E-state index contributed by atoms with van der Waals surface area (Å²) in [6.07, 6.45) is 5.24. The van der Waals surface area contributed by atoms with Gasteiger partial charge in [0.25, 0.3) is 5.91 Å². The van der Waals surface area contributed by atoms with E-state index in [9.17, 15) is 4.79 Å². The number of hydrogen-bond acceptors (Lipinski definition) is 3. The Morgan fingerprint density at radius 1 is 1.20 bits per heavy atom. The molecule has 1 aliphatic heterocycles. The van der Waals surface area contributed by atoms with Gasteiger partial charge in [-0.2, -0.15) is 0 Å². The molecule has 4 nitrogen and oxygen atoms in total. The molecule has 1 aliphatic rings. The van der Waals surface area contributed by atoms with Crippen molar-refractivity contribution in [1.82, 2.24) is 14.8 Å². The van der Waals surface area contributed by atoms with E-state index in [1.165, 1.54) is 0 Å². The van der Waals surface area contributed by atoms with Crippen molar-refractivity contribution < 1.29 is 4.79 Å². The summed E-state index contributed by atoms with van der Waals surface area (Å²) in [5.41, 5.74) is 0.722. The topological polar surface area (TPSA) is 36.4 Å². The minimum atomic E-state index is 0.105. The van der Waals surface area contributed by atoms with Gasteiger partial charge in [0.15, 0.2) is 0 Å². The minimum Gasteiger partial charge on any atom is -0.337 e. The number of rotatable bonds is 2. The summed E-state index contributed by atoms with van der Waals surface area (Å²) >= 11 is 0. The van der Waals surface area contributed by atoms with Crippen LogP contribution in [0.25, 0.3) is 0 Å². The second-order valence-corrected chi connectivity index (χ2v) is 4.86. The number of carbonyl (C=O) groups is 1. The zero-order valence-corrected chi connectivity index (χ0v) is 12.0. The number of aromatic nitrogens is 1. The van der Waals surface area contributed by atoms with Crippen molar-refractivity contribution in [2.75, 3.05) is 32.7 Å². The molecule has 0 bridgehead atoms. The van der Waals surface area contributed by atoms with E-state index in [2.05, 4.69) is 28.6 Å². The largest absolute Gasteiger partial charge is 0.337 e. The van der Waals surface area contributed by atoms with Crippen LogP contribution in [0.4, 0.5) is 0 Å². The average molecular weight is 271 g/mol. The van der Waals surface area contributed by atoms with Crippen LogP contribution in [0.1, 0.15) is 30.1 Å². The number of amides is 1. The summed E-state index contributed by atoms with van der Waals surface area (Å²) in [6, 6.07) is 3.55. The zero-order valence-electron chi connectivity index (χ0n) is 12.0. The van der Waals surface area contributed by atoms with Gasteiger partial charge in [-0.25, -0.2) is 0 Å². The van der Waals surface area contributed by atoms with Gasteiger partial charge in [-0.1, -0.05) is 12.8 Å². The third kappa shape index (κ3) is 4.07. The van der Waals surface area contributed by atoms with Crippen LogP contribution in [0, 0.1) is 11.8 Å². The Balaban J connectivity index is 1.91. The Morgan fingerprint density at radius 2 is 2.00 bits per heavy atom. The molecule has 1 aromatic rings. The van der Waals surface area contributed by atoms with Crippen LogP contribution >= 0.6 is 0 Å². The third-order valence-electron chi connectivity index (χ3n) is 3.41. The molecule has 20 heavy (non-hydrogen) atoms. The van der Waals surface area contributed by atoms with E-state index in [1.807, 2.05) is 4.90 Å². The van der Waals surface area contributed by atoms with Gasteiger partial charge in [-0.05, 0) is 18.6 Å². The first-order valence-corrected chi connectivity index (χ1v) is 7.18. The monoisotopic (exact) mass is 271 g/mol. The van der Waals surface area contributed by atoms with Gasteiger partial charge in [-0.15, -0.1) is 5.92 Å². The van der Waals surface area contributed by atoms with E-state index >= 15 is 0 Å². The number of nitrogens with zero attached hydrogens (tertiary/aromatic N) is 3. The van der Waals surface area contributed by atoms with Crippen LogP contribution in [0.3, 0.4) is 0 Å². The Kier molecular flexibility index (Phi) is 5.57. The molecule has 1 amide bonds. The van der Waals surface area contributed by atoms with Crippen molar-refractivity contribution >= 4 is 5.91 Å². The van der Waals surface area contributed by atoms with Gasteiger partial charge in [0.05, 0.1) is 6.54 Å². The van der Waals surface area contributed by atoms with Crippen molar-refractivity contribution in [3.8, 4) is 11.8 Å². The lowest BCUT2D eigenvalue weighted by atomic mass is 10.2. The lowest BCUT2D eigenvalue weighted by molar-refractivity contribution is 0.0762. The molecule has 106 valence electrons. The molecule has 1 saturated heterocycles. The summed E-state index contributed by atoms with van der Waals surface area (Å²) in [5, 5.41) is 0. The van der Waals surface area contributed by atoms with Crippen LogP contribution < -0.4 is 0 Å². The first kappa shape index (κ1) is 14.5. The molecule has 1 aromatic heterocycles. The number of hydrogen-bond donors (Lipinski definition) is 0. The molecule has 2 heterocycles. The average Bonchev–Trinajstić information content (AvgIpc) is 2.73. The summed E-state index contributed by atoms with van der Waals surface area (Å²) in [6.45, 7) is 6.37. The first-order valence-electron chi connectivity index (χ1n) is 7.18. The molecule has 0 aliphatic carbocycles. The molecule has 0 radical (unpaired) electrons. The first-order chi connectivity index (χ1) is 9.81. The SMILES string of the molecule is CCC#CCN1CCCN(C(=O)c2ccncc2)CC1. The maximum atomic E-state index is 12.4. The molecule has 0 N–H and O–H groups in total. The molecule has 0 aromatic carbocycles. The van der Waals surface area contributed by atoms with E-state index in [1.54, 1.807) is 24.5 Å². The molecule has 2 rings (SSSR count). The third-order valence-corrected chi connectivity index (χ3v) is 3.41. The zero-order chi connectivity index (χ0) is 14.2. The van der Waals surface area contributed by atoms with Crippen molar-refractivity contribution in [2.45, 2.75) is 19.8 Å². The molecule has 0 atom stereocenters. The lowest BCUT2D eigenvalue weighted by Gasteiger charge is -2.21. The standard InChI is InChI=1S/C16H21N3O/c1-2-3-4-10-18-11-5-12-19(14-13-18)16(20)15-6-8-17-9-7-15/h6-9H,2,5,10-14H2,1H3. The van der Waals surface area contributed by atoms with Gasteiger partial charge in [-0.3, -0.25) is 14.7 Å². The predicted molar refractivity (Wildman–Crippen MR) is 79.3 cm³/mol. The maximum Gasteiger partial charge on any atom is 0.254 e. The Bertz CT molecular complexity index is 489.